The minimum atomic E-state index is 0.0930. The predicted octanol–water partition coefficient (Wildman–Crippen LogP) is 5.04. The monoisotopic (exact) mass is 411 g/mol. The van der Waals surface area contributed by atoms with Crippen LogP contribution in [0.1, 0.15) is 24.8 Å². The first-order valence-corrected chi connectivity index (χ1v) is 10.1. The highest BCUT2D eigenvalue weighted by Crippen LogP contribution is 2.23. The number of aromatic nitrogens is 1. The van der Waals surface area contributed by atoms with Crippen molar-refractivity contribution < 1.29 is 9.21 Å². The number of amides is 1. The molecule has 2 aromatic carbocycles. The zero-order chi connectivity index (χ0) is 20.8. The summed E-state index contributed by atoms with van der Waals surface area (Å²) in [4.78, 5) is 20.9. The Hall–Kier alpha value is -2.79. The second-order valence-corrected chi connectivity index (χ2v) is 7.53. The molecule has 0 spiro atoms. The van der Waals surface area contributed by atoms with Crippen LogP contribution in [0.3, 0.4) is 0 Å². The Kier molecular flexibility index (Phi) is 6.94. The molecule has 0 N–H and O–H groups in total. The molecule has 1 amide bonds. The fraction of sp³-hybridized carbons (Fsp3) is 0.304. The van der Waals surface area contributed by atoms with E-state index in [0.717, 1.165) is 16.8 Å². The number of oxazole rings is 1. The van der Waals surface area contributed by atoms with E-state index in [1.165, 1.54) is 0 Å². The van der Waals surface area contributed by atoms with Crippen molar-refractivity contribution >= 4 is 23.2 Å². The summed E-state index contributed by atoms with van der Waals surface area (Å²) in [5.41, 5.74) is 3.17. The number of carbonyl (C=O) groups is 1. The molecule has 0 saturated heterocycles. The summed E-state index contributed by atoms with van der Waals surface area (Å²) in [6.45, 7) is 3.26. The van der Waals surface area contributed by atoms with E-state index in [4.69, 9.17) is 16.0 Å². The van der Waals surface area contributed by atoms with Gasteiger partial charge in [-0.1, -0.05) is 23.7 Å². The van der Waals surface area contributed by atoms with Gasteiger partial charge in [-0.15, -0.1) is 0 Å². The Morgan fingerprint density at radius 1 is 1.07 bits per heavy atom. The third-order valence-electron chi connectivity index (χ3n) is 4.80. The van der Waals surface area contributed by atoms with Gasteiger partial charge in [0.2, 0.25) is 5.91 Å². The van der Waals surface area contributed by atoms with E-state index in [0.29, 0.717) is 42.6 Å². The molecular weight excluding hydrogens is 386 g/mol. The van der Waals surface area contributed by atoms with Crippen molar-refractivity contribution in [2.24, 2.45) is 0 Å². The summed E-state index contributed by atoms with van der Waals surface area (Å²) in [7, 11) is 4.02. The van der Waals surface area contributed by atoms with Crippen LogP contribution < -0.4 is 4.90 Å². The van der Waals surface area contributed by atoms with Crippen LogP contribution in [0.2, 0.25) is 5.02 Å². The van der Waals surface area contributed by atoms with Crippen molar-refractivity contribution in [1.29, 1.82) is 0 Å². The normalized spacial score (nSPS) is 10.8. The topological polar surface area (TPSA) is 49.6 Å². The van der Waals surface area contributed by atoms with E-state index in [1.54, 1.807) is 6.20 Å². The van der Waals surface area contributed by atoms with E-state index in [-0.39, 0.29) is 5.91 Å². The Labute approximate surface area is 176 Å². The van der Waals surface area contributed by atoms with Crippen LogP contribution in [0, 0.1) is 0 Å². The molecule has 1 heterocycles. The predicted molar refractivity (Wildman–Crippen MR) is 117 cm³/mol. The van der Waals surface area contributed by atoms with Crippen LogP contribution in [0.15, 0.2) is 59.1 Å². The average Bonchev–Trinajstić information content (AvgIpc) is 3.20. The molecule has 0 atom stereocenters. The highest BCUT2D eigenvalue weighted by atomic mass is 35.5. The van der Waals surface area contributed by atoms with Crippen LogP contribution in [0.4, 0.5) is 5.69 Å². The molecular formula is C23H26ClN3O2. The molecule has 1 aromatic heterocycles. The summed E-state index contributed by atoms with van der Waals surface area (Å²) >= 11 is 5.92. The molecule has 0 aliphatic carbocycles. The van der Waals surface area contributed by atoms with E-state index in [9.17, 15) is 4.79 Å². The third kappa shape index (κ3) is 5.61. The lowest BCUT2D eigenvalue weighted by Gasteiger charge is -2.21. The molecule has 0 unspecified atom stereocenters. The zero-order valence-corrected chi connectivity index (χ0v) is 17.8. The number of nitrogens with zero attached hydrogens (tertiary/aromatic N) is 3. The Balaban J connectivity index is 1.56. The van der Waals surface area contributed by atoms with Gasteiger partial charge in [-0.05, 0) is 48.9 Å². The maximum absolute atomic E-state index is 12.7. The van der Waals surface area contributed by atoms with Crippen molar-refractivity contribution in [2.75, 3.05) is 25.5 Å². The molecule has 152 valence electrons. The van der Waals surface area contributed by atoms with Crippen molar-refractivity contribution in [1.82, 2.24) is 9.88 Å². The van der Waals surface area contributed by atoms with Crippen LogP contribution in [-0.2, 0) is 17.8 Å². The first kappa shape index (κ1) is 20.9. The van der Waals surface area contributed by atoms with E-state index < -0.39 is 0 Å². The maximum atomic E-state index is 12.7. The van der Waals surface area contributed by atoms with Crippen LogP contribution in [0.25, 0.3) is 11.3 Å². The molecule has 0 aliphatic heterocycles. The van der Waals surface area contributed by atoms with Gasteiger partial charge < -0.3 is 14.2 Å². The third-order valence-corrected chi connectivity index (χ3v) is 5.05. The smallest absolute Gasteiger partial charge is 0.223 e. The minimum Gasteiger partial charge on any atom is -0.441 e. The molecule has 3 aromatic rings. The molecule has 0 saturated carbocycles. The minimum absolute atomic E-state index is 0.0930. The lowest BCUT2D eigenvalue weighted by atomic mass is 10.1. The van der Waals surface area contributed by atoms with E-state index in [2.05, 4.69) is 34.1 Å². The van der Waals surface area contributed by atoms with Crippen LogP contribution in [0.5, 0.6) is 0 Å². The Bertz CT molecular complexity index is 934. The molecule has 0 radical (unpaired) electrons. The number of aryl methyl sites for hydroxylation is 1. The molecule has 29 heavy (non-hydrogen) atoms. The number of benzene rings is 2. The Morgan fingerprint density at radius 3 is 2.38 bits per heavy atom. The molecule has 0 bridgehead atoms. The standard InChI is InChI=1S/C23H26ClN3O2/c1-4-27(16-17-5-11-20(12-6-17)26(2)3)23(28)14-13-22-25-15-21(29-22)18-7-9-19(24)10-8-18/h5-12,15H,4,13-14,16H2,1-3H3. The van der Waals surface area contributed by atoms with Gasteiger partial charge in [0.25, 0.3) is 0 Å². The van der Waals surface area contributed by atoms with Crippen molar-refractivity contribution in [3.8, 4) is 11.3 Å². The number of carbonyl (C=O) groups excluding carboxylic acids is 1. The molecule has 3 rings (SSSR count). The molecule has 0 fully saturated rings. The van der Waals surface area contributed by atoms with Crippen molar-refractivity contribution in [2.45, 2.75) is 26.3 Å². The number of hydrogen-bond donors (Lipinski definition) is 0. The first-order valence-electron chi connectivity index (χ1n) is 9.71. The highest BCUT2D eigenvalue weighted by Gasteiger charge is 2.14. The fourth-order valence-electron chi connectivity index (χ4n) is 3.04. The fourth-order valence-corrected chi connectivity index (χ4v) is 3.17. The SMILES string of the molecule is CCN(Cc1ccc(N(C)C)cc1)C(=O)CCc1ncc(-c2ccc(Cl)cc2)o1. The van der Waals surface area contributed by atoms with Gasteiger partial charge in [0, 0.05) is 56.3 Å². The molecule has 6 heteroatoms. The van der Waals surface area contributed by atoms with Crippen molar-refractivity contribution in [3.63, 3.8) is 0 Å². The first-order chi connectivity index (χ1) is 14.0. The van der Waals surface area contributed by atoms with Gasteiger partial charge in [0.1, 0.15) is 0 Å². The summed E-state index contributed by atoms with van der Waals surface area (Å²) in [5, 5.41) is 0.676. The van der Waals surface area contributed by atoms with Crippen LogP contribution >= 0.6 is 11.6 Å². The number of anilines is 1. The highest BCUT2D eigenvalue weighted by molar-refractivity contribution is 6.30. The lowest BCUT2D eigenvalue weighted by molar-refractivity contribution is -0.131. The maximum Gasteiger partial charge on any atom is 0.223 e. The summed E-state index contributed by atoms with van der Waals surface area (Å²) in [6, 6.07) is 15.7. The van der Waals surface area contributed by atoms with Gasteiger partial charge in [-0.25, -0.2) is 4.98 Å². The Morgan fingerprint density at radius 2 is 1.76 bits per heavy atom. The zero-order valence-electron chi connectivity index (χ0n) is 17.1. The van der Waals surface area contributed by atoms with Gasteiger partial charge in [0.05, 0.1) is 6.20 Å². The summed E-state index contributed by atoms with van der Waals surface area (Å²) < 4.78 is 5.80. The van der Waals surface area contributed by atoms with E-state index in [1.807, 2.05) is 50.2 Å². The van der Waals surface area contributed by atoms with Gasteiger partial charge >= 0.3 is 0 Å². The summed E-state index contributed by atoms with van der Waals surface area (Å²) in [5.74, 6) is 1.34. The average molecular weight is 412 g/mol. The second kappa shape index (κ2) is 9.61. The largest absolute Gasteiger partial charge is 0.441 e. The quantitative estimate of drug-likeness (QED) is 0.521. The van der Waals surface area contributed by atoms with Crippen molar-refractivity contribution in [3.05, 3.63) is 71.2 Å². The van der Waals surface area contributed by atoms with E-state index >= 15 is 0 Å². The second-order valence-electron chi connectivity index (χ2n) is 7.09. The number of hydrogen-bond acceptors (Lipinski definition) is 4. The van der Waals surface area contributed by atoms with Gasteiger partial charge in [0.15, 0.2) is 11.7 Å². The van der Waals surface area contributed by atoms with Gasteiger partial charge in [-0.3, -0.25) is 4.79 Å². The summed E-state index contributed by atoms with van der Waals surface area (Å²) in [6.07, 6.45) is 2.53. The van der Waals surface area contributed by atoms with Crippen LogP contribution in [-0.4, -0.2) is 36.4 Å². The lowest BCUT2D eigenvalue weighted by Crippen LogP contribution is -2.30. The number of halogens is 1. The molecule has 5 nitrogen and oxygen atoms in total. The number of rotatable bonds is 8. The molecule has 0 aliphatic rings. The van der Waals surface area contributed by atoms with Gasteiger partial charge in [-0.2, -0.15) is 0 Å².